The first-order chi connectivity index (χ1) is 18.5. The predicted molar refractivity (Wildman–Crippen MR) is 143 cm³/mol. The van der Waals surface area contributed by atoms with Gasteiger partial charge in [-0.1, -0.05) is 13.2 Å². The van der Waals surface area contributed by atoms with Crippen molar-refractivity contribution in [2.75, 3.05) is 13.2 Å². The third-order valence-corrected chi connectivity index (χ3v) is 6.40. The summed E-state index contributed by atoms with van der Waals surface area (Å²) in [6, 6.07) is 15.0. The van der Waals surface area contributed by atoms with E-state index in [9.17, 15) is 9.59 Å². The van der Waals surface area contributed by atoms with Crippen LogP contribution in [0.5, 0.6) is 11.5 Å². The first-order valence-corrected chi connectivity index (χ1v) is 13.1. The summed E-state index contributed by atoms with van der Waals surface area (Å²) in [4.78, 5) is 22.8. The van der Waals surface area contributed by atoms with Gasteiger partial charge in [0.25, 0.3) is 0 Å². The quantitative estimate of drug-likeness (QED) is 0.116. The molecule has 2 aliphatic rings. The maximum Gasteiger partial charge on any atom is 0.333 e. The number of carbonyl (C=O) groups excluding carboxylic acids is 2. The van der Waals surface area contributed by atoms with Gasteiger partial charge in [0.05, 0.1) is 31.0 Å². The molecule has 0 aliphatic carbocycles. The lowest BCUT2D eigenvalue weighted by Gasteiger charge is -2.10. The van der Waals surface area contributed by atoms with Crippen LogP contribution >= 0.6 is 0 Å². The Morgan fingerprint density at radius 3 is 1.63 bits per heavy atom. The smallest absolute Gasteiger partial charge is 0.333 e. The normalized spacial score (nSPS) is 19.2. The number of ketones is 1. The SMILES string of the molecule is C=C1CC(CCCCOc2ccc(N=Nc3ccc(OCCCCC4CC(=O)C(=C)O4)cc3)cc2)OC1=O. The molecule has 2 aliphatic heterocycles. The first kappa shape index (κ1) is 27.1. The van der Waals surface area contributed by atoms with E-state index in [1.165, 1.54) is 0 Å². The van der Waals surface area contributed by atoms with E-state index in [1.54, 1.807) is 0 Å². The first-order valence-electron chi connectivity index (χ1n) is 13.1. The molecule has 2 heterocycles. The molecule has 8 heteroatoms. The molecule has 2 aromatic rings. The summed E-state index contributed by atoms with van der Waals surface area (Å²) in [7, 11) is 0. The average Bonchev–Trinajstić information content (AvgIpc) is 3.42. The highest BCUT2D eigenvalue weighted by atomic mass is 16.5. The number of cyclic esters (lactones) is 1. The van der Waals surface area contributed by atoms with Crippen LogP contribution in [0.2, 0.25) is 0 Å². The third kappa shape index (κ3) is 8.30. The minimum absolute atomic E-state index is 0.0100. The largest absolute Gasteiger partial charge is 0.494 e. The Balaban J connectivity index is 1.09. The van der Waals surface area contributed by atoms with Crippen molar-refractivity contribution in [1.29, 1.82) is 0 Å². The molecule has 2 atom stereocenters. The summed E-state index contributed by atoms with van der Waals surface area (Å²) in [5.41, 5.74) is 2.03. The average molecular weight is 519 g/mol. The van der Waals surface area contributed by atoms with Crippen LogP contribution in [0.1, 0.15) is 51.4 Å². The van der Waals surface area contributed by atoms with Crippen molar-refractivity contribution in [3.63, 3.8) is 0 Å². The van der Waals surface area contributed by atoms with E-state index in [-0.39, 0.29) is 29.7 Å². The van der Waals surface area contributed by atoms with E-state index in [2.05, 4.69) is 23.4 Å². The summed E-state index contributed by atoms with van der Waals surface area (Å²) in [5.74, 6) is 1.59. The molecule has 2 unspecified atom stereocenters. The van der Waals surface area contributed by atoms with Gasteiger partial charge in [0.1, 0.15) is 23.7 Å². The Bertz CT molecular complexity index is 1030. The summed E-state index contributed by atoms with van der Waals surface area (Å²) < 4.78 is 22.3. The number of hydrogen-bond donors (Lipinski definition) is 0. The number of esters is 1. The van der Waals surface area contributed by atoms with Crippen molar-refractivity contribution in [2.24, 2.45) is 10.2 Å². The monoisotopic (exact) mass is 518 g/mol. The molecule has 2 fully saturated rings. The Morgan fingerprint density at radius 1 is 0.711 bits per heavy atom. The van der Waals surface area contributed by atoms with Crippen LogP contribution in [0.15, 0.2) is 83.2 Å². The molecule has 0 radical (unpaired) electrons. The molecular formula is C30H34N2O6. The van der Waals surface area contributed by atoms with E-state index in [0.717, 1.165) is 61.4 Å². The van der Waals surface area contributed by atoms with E-state index in [0.29, 0.717) is 31.6 Å². The van der Waals surface area contributed by atoms with Gasteiger partial charge in [-0.3, -0.25) is 4.79 Å². The second kappa shape index (κ2) is 13.6. The van der Waals surface area contributed by atoms with Crippen LogP contribution in [-0.4, -0.2) is 37.2 Å². The molecule has 0 spiro atoms. The number of carbonyl (C=O) groups is 2. The predicted octanol–water partition coefficient (Wildman–Crippen LogP) is 6.94. The van der Waals surface area contributed by atoms with Crippen LogP contribution < -0.4 is 9.47 Å². The van der Waals surface area contributed by atoms with Crippen molar-refractivity contribution >= 4 is 23.1 Å². The van der Waals surface area contributed by atoms with Gasteiger partial charge in [-0.2, -0.15) is 10.2 Å². The highest BCUT2D eigenvalue weighted by Crippen LogP contribution is 2.25. The van der Waals surface area contributed by atoms with Crippen molar-refractivity contribution in [2.45, 2.75) is 63.6 Å². The summed E-state index contributed by atoms with van der Waals surface area (Å²) in [6.07, 6.45) is 6.29. The van der Waals surface area contributed by atoms with Gasteiger partial charge in [-0.25, -0.2) is 4.79 Å². The topological polar surface area (TPSA) is 95.8 Å². The van der Waals surface area contributed by atoms with Crippen molar-refractivity contribution in [3.8, 4) is 11.5 Å². The molecule has 2 aromatic carbocycles. The van der Waals surface area contributed by atoms with Crippen LogP contribution in [0.25, 0.3) is 0 Å². The molecule has 0 saturated carbocycles. The number of nitrogens with zero attached hydrogens (tertiary/aromatic N) is 2. The van der Waals surface area contributed by atoms with Gasteiger partial charge in [-0.05, 0) is 87.1 Å². The summed E-state index contributed by atoms with van der Waals surface area (Å²) in [5, 5.41) is 8.57. The number of unbranched alkanes of at least 4 members (excludes halogenated alkanes) is 2. The highest BCUT2D eigenvalue weighted by Gasteiger charge is 2.27. The van der Waals surface area contributed by atoms with Crippen molar-refractivity contribution in [1.82, 2.24) is 0 Å². The fourth-order valence-corrected chi connectivity index (χ4v) is 4.25. The molecule has 0 N–H and O–H groups in total. The lowest BCUT2D eigenvalue weighted by Crippen LogP contribution is -2.07. The van der Waals surface area contributed by atoms with E-state index in [4.69, 9.17) is 18.9 Å². The third-order valence-electron chi connectivity index (χ3n) is 6.40. The number of ether oxygens (including phenoxy) is 4. The number of Topliss-reactive ketones (excluding diaryl/α,β-unsaturated/α-hetero) is 1. The molecule has 0 bridgehead atoms. The maximum atomic E-state index is 11.4. The molecule has 0 amide bonds. The number of benzene rings is 2. The second-order valence-electron chi connectivity index (χ2n) is 9.50. The van der Waals surface area contributed by atoms with Crippen LogP contribution in [0.4, 0.5) is 11.4 Å². The molecule has 200 valence electrons. The number of allylic oxidation sites excluding steroid dienone is 1. The van der Waals surface area contributed by atoms with Gasteiger partial charge in [0.2, 0.25) is 0 Å². The van der Waals surface area contributed by atoms with E-state index < -0.39 is 0 Å². The van der Waals surface area contributed by atoms with Crippen LogP contribution in [0.3, 0.4) is 0 Å². The summed E-state index contributed by atoms with van der Waals surface area (Å²) >= 11 is 0. The lowest BCUT2D eigenvalue weighted by molar-refractivity contribution is -0.139. The number of hydrogen-bond acceptors (Lipinski definition) is 8. The maximum absolute atomic E-state index is 11.4. The fraction of sp³-hybridized carbons (Fsp3) is 0.400. The Hall–Kier alpha value is -3.94. The zero-order valence-electron chi connectivity index (χ0n) is 21.6. The van der Waals surface area contributed by atoms with Crippen LogP contribution in [0, 0.1) is 0 Å². The molecule has 4 rings (SSSR count). The Morgan fingerprint density at radius 2 is 1.21 bits per heavy atom. The molecule has 2 saturated heterocycles. The Labute approximate surface area is 223 Å². The van der Waals surface area contributed by atoms with Gasteiger partial charge >= 0.3 is 5.97 Å². The van der Waals surface area contributed by atoms with Crippen molar-refractivity contribution < 1.29 is 28.5 Å². The standard InChI is InChI=1S/C30H34N2O6/c1-21-19-27(38-30(21)34)7-3-5-17-35-25-13-9-23(10-14-25)31-32-24-11-15-26(16-12-24)36-18-6-4-8-28-20-29(33)22(2)37-28/h9-16,27-28H,1-8,17-20H2. The van der Waals surface area contributed by atoms with Gasteiger partial charge < -0.3 is 18.9 Å². The van der Waals surface area contributed by atoms with E-state index in [1.807, 2.05) is 48.5 Å². The zero-order chi connectivity index (χ0) is 26.7. The number of rotatable bonds is 14. The lowest BCUT2D eigenvalue weighted by atomic mass is 10.1. The highest BCUT2D eigenvalue weighted by molar-refractivity contribution is 5.94. The van der Waals surface area contributed by atoms with Crippen molar-refractivity contribution in [3.05, 3.63) is 73.0 Å². The van der Waals surface area contributed by atoms with Gasteiger partial charge in [0, 0.05) is 12.0 Å². The Kier molecular flexibility index (Phi) is 9.67. The second-order valence-corrected chi connectivity index (χ2v) is 9.50. The van der Waals surface area contributed by atoms with Gasteiger partial charge in [0.15, 0.2) is 11.5 Å². The molecule has 8 nitrogen and oxygen atoms in total. The van der Waals surface area contributed by atoms with Gasteiger partial charge in [-0.15, -0.1) is 0 Å². The summed E-state index contributed by atoms with van der Waals surface area (Å²) in [6.45, 7) is 8.52. The molecule has 0 aromatic heterocycles. The zero-order valence-corrected chi connectivity index (χ0v) is 21.6. The van der Waals surface area contributed by atoms with Crippen LogP contribution in [-0.2, 0) is 19.1 Å². The van der Waals surface area contributed by atoms with E-state index >= 15 is 0 Å². The fourth-order valence-electron chi connectivity index (χ4n) is 4.25. The molecule has 38 heavy (non-hydrogen) atoms. The number of azo groups is 1. The molecular weight excluding hydrogens is 484 g/mol. The minimum Gasteiger partial charge on any atom is -0.494 e. The minimum atomic E-state index is -0.268.